The van der Waals surface area contributed by atoms with Gasteiger partial charge in [-0.1, -0.05) is 42.0 Å². The van der Waals surface area contributed by atoms with Crippen molar-refractivity contribution in [1.82, 2.24) is 9.88 Å². The molecule has 1 aromatic heterocycles. The number of aromatic nitrogens is 1. The maximum atomic E-state index is 13.0. The van der Waals surface area contributed by atoms with Crippen LogP contribution in [0.2, 0.25) is 0 Å². The summed E-state index contributed by atoms with van der Waals surface area (Å²) in [7, 11) is 1.85. The summed E-state index contributed by atoms with van der Waals surface area (Å²) in [6.45, 7) is 5.99. The molecule has 3 nitrogen and oxygen atoms in total. The maximum Gasteiger partial charge on any atom is 0.255 e. The number of fused-ring (bicyclic) bond motifs is 1. The minimum atomic E-state index is -0.000223. The van der Waals surface area contributed by atoms with Crippen LogP contribution in [-0.4, -0.2) is 22.8 Å². The summed E-state index contributed by atoms with van der Waals surface area (Å²) >= 11 is 0. The highest BCUT2D eigenvalue weighted by Crippen LogP contribution is 2.23. The van der Waals surface area contributed by atoms with Gasteiger partial charge in [-0.25, -0.2) is 0 Å². The Balaban J connectivity index is 1.97. The molecule has 24 heavy (non-hydrogen) atoms. The Bertz CT molecular complexity index is 887. The number of carbonyl (C=O) groups is 1. The Hall–Kier alpha value is -2.68. The topological polar surface area (TPSA) is 33.2 Å². The molecule has 0 fully saturated rings. The van der Waals surface area contributed by atoms with E-state index in [0.717, 1.165) is 27.7 Å². The molecular weight excluding hydrogens is 296 g/mol. The molecule has 2 aromatic carbocycles. The van der Waals surface area contributed by atoms with Crippen LogP contribution in [0.1, 0.15) is 40.1 Å². The smallest absolute Gasteiger partial charge is 0.255 e. The predicted octanol–water partition coefficient (Wildman–Crippen LogP) is 4.68. The predicted molar refractivity (Wildman–Crippen MR) is 98.2 cm³/mol. The van der Waals surface area contributed by atoms with E-state index in [0.29, 0.717) is 5.56 Å². The van der Waals surface area contributed by atoms with Crippen molar-refractivity contribution in [1.29, 1.82) is 0 Å². The normalized spacial score (nSPS) is 12.2. The van der Waals surface area contributed by atoms with Crippen molar-refractivity contribution in [2.75, 3.05) is 7.05 Å². The molecule has 0 aliphatic rings. The van der Waals surface area contributed by atoms with E-state index in [2.05, 4.69) is 11.1 Å². The van der Waals surface area contributed by atoms with Crippen LogP contribution in [0.4, 0.5) is 0 Å². The zero-order valence-corrected chi connectivity index (χ0v) is 14.6. The fourth-order valence-corrected chi connectivity index (χ4v) is 2.93. The van der Waals surface area contributed by atoms with Crippen LogP contribution in [0.5, 0.6) is 0 Å². The molecule has 1 heterocycles. The molecule has 1 amide bonds. The SMILES string of the molecule is Cc1ccc2nc(C)c(C(=O)N(C)C(C)c3ccccc3)cc2c1. The zero-order valence-electron chi connectivity index (χ0n) is 14.6. The molecule has 0 saturated heterocycles. The maximum absolute atomic E-state index is 13.0. The summed E-state index contributed by atoms with van der Waals surface area (Å²) in [4.78, 5) is 19.4. The van der Waals surface area contributed by atoms with Gasteiger partial charge in [0.15, 0.2) is 0 Å². The molecule has 0 bridgehead atoms. The molecule has 1 atom stereocenters. The number of benzene rings is 2. The molecule has 0 aliphatic carbocycles. The van der Waals surface area contributed by atoms with E-state index in [-0.39, 0.29) is 11.9 Å². The number of pyridine rings is 1. The first-order chi connectivity index (χ1) is 11.5. The van der Waals surface area contributed by atoms with Crippen molar-refractivity contribution < 1.29 is 4.79 Å². The fraction of sp³-hybridized carbons (Fsp3) is 0.238. The van der Waals surface area contributed by atoms with Crippen LogP contribution in [0.25, 0.3) is 10.9 Å². The van der Waals surface area contributed by atoms with E-state index >= 15 is 0 Å². The number of nitrogens with zero attached hydrogens (tertiary/aromatic N) is 2. The van der Waals surface area contributed by atoms with Gasteiger partial charge in [0.2, 0.25) is 0 Å². The summed E-state index contributed by atoms with van der Waals surface area (Å²) in [6, 6.07) is 18.1. The second-order valence-electron chi connectivity index (χ2n) is 6.32. The van der Waals surface area contributed by atoms with E-state index < -0.39 is 0 Å². The average molecular weight is 318 g/mol. The third kappa shape index (κ3) is 3.02. The van der Waals surface area contributed by atoms with Crippen molar-refractivity contribution in [2.24, 2.45) is 0 Å². The van der Waals surface area contributed by atoms with Gasteiger partial charge in [-0.15, -0.1) is 0 Å². The van der Waals surface area contributed by atoms with Crippen molar-refractivity contribution in [3.63, 3.8) is 0 Å². The van der Waals surface area contributed by atoms with E-state index in [1.807, 2.05) is 76.3 Å². The second kappa shape index (κ2) is 6.44. The van der Waals surface area contributed by atoms with Crippen LogP contribution in [0, 0.1) is 13.8 Å². The van der Waals surface area contributed by atoms with Crippen molar-refractivity contribution in [3.8, 4) is 0 Å². The molecule has 3 heteroatoms. The quantitative estimate of drug-likeness (QED) is 0.702. The Labute approximate surface area is 143 Å². The summed E-state index contributed by atoms with van der Waals surface area (Å²) in [5, 5.41) is 1.00. The minimum absolute atomic E-state index is 0.000223. The van der Waals surface area contributed by atoms with Crippen molar-refractivity contribution in [3.05, 3.63) is 77.0 Å². The largest absolute Gasteiger partial charge is 0.335 e. The monoisotopic (exact) mass is 318 g/mol. The van der Waals surface area contributed by atoms with Gasteiger partial charge < -0.3 is 4.90 Å². The third-order valence-corrected chi connectivity index (χ3v) is 4.57. The first-order valence-electron chi connectivity index (χ1n) is 8.17. The molecular formula is C21H22N2O. The van der Waals surface area contributed by atoms with Gasteiger partial charge in [0, 0.05) is 12.4 Å². The van der Waals surface area contributed by atoms with Gasteiger partial charge in [-0.05, 0) is 44.5 Å². The molecule has 0 saturated carbocycles. The Morgan fingerprint density at radius 3 is 2.46 bits per heavy atom. The number of hydrogen-bond acceptors (Lipinski definition) is 2. The van der Waals surface area contributed by atoms with Crippen LogP contribution in [-0.2, 0) is 0 Å². The van der Waals surface area contributed by atoms with Crippen LogP contribution in [0.3, 0.4) is 0 Å². The summed E-state index contributed by atoms with van der Waals surface area (Å²) in [5.74, 6) is -0.000223. The average Bonchev–Trinajstić information content (AvgIpc) is 2.60. The summed E-state index contributed by atoms with van der Waals surface area (Å²) in [6.07, 6.45) is 0. The Morgan fingerprint density at radius 1 is 1.04 bits per heavy atom. The lowest BCUT2D eigenvalue weighted by Crippen LogP contribution is -2.30. The van der Waals surface area contributed by atoms with Gasteiger partial charge in [0.1, 0.15) is 0 Å². The standard InChI is InChI=1S/C21H22N2O/c1-14-10-11-20-18(12-14)13-19(15(2)22-20)21(24)23(4)16(3)17-8-6-5-7-9-17/h5-13,16H,1-4H3. The van der Waals surface area contributed by atoms with Gasteiger partial charge in [-0.2, -0.15) is 0 Å². The molecule has 0 spiro atoms. The molecule has 1 unspecified atom stereocenters. The number of rotatable bonds is 3. The molecule has 0 radical (unpaired) electrons. The van der Waals surface area contributed by atoms with Gasteiger partial charge in [0.05, 0.1) is 22.8 Å². The van der Waals surface area contributed by atoms with Gasteiger partial charge in [0.25, 0.3) is 5.91 Å². The summed E-state index contributed by atoms with van der Waals surface area (Å²) in [5.41, 5.74) is 4.64. The number of hydrogen-bond donors (Lipinski definition) is 0. The molecule has 0 N–H and O–H groups in total. The van der Waals surface area contributed by atoms with Gasteiger partial charge in [-0.3, -0.25) is 9.78 Å². The molecule has 3 aromatic rings. The lowest BCUT2D eigenvalue weighted by atomic mass is 10.0. The van der Waals surface area contributed by atoms with E-state index in [9.17, 15) is 4.79 Å². The minimum Gasteiger partial charge on any atom is -0.335 e. The Morgan fingerprint density at radius 2 is 1.75 bits per heavy atom. The number of amides is 1. The Kier molecular flexibility index (Phi) is 4.34. The van der Waals surface area contributed by atoms with Gasteiger partial charge >= 0.3 is 0 Å². The summed E-state index contributed by atoms with van der Waals surface area (Å²) < 4.78 is 0. The first kappa shape index (κ1) is 16.2. The zero-order chi connectivity index (χ0) is 17.3. The lowest BCUT2D eigenvalue weighted by molar-refractivity contribution is 0.0741. The fourth-order valence-electron chi connectivity index (χ4n) is 2.93. The highest BCUT2D eigenvalue weighted by atomic mass is 16.2. The van der Waals surface area contributed by atoms with E-state index in [1.165, 1.54) is 0 Å². The molecule has 3 rings (SSSR count). The van der Waals surface area contributed by atoms with Crippen molar-refractivity contribution in [2.45, 2.75) is 26.8 Å². The number of carbonyl (C=O) groups excluding carboxylic acids is 1. The van der Waals surface area contributed by atoms with Crippen LogP contribution < -0.4 is 0 Å². The second-order valence-corrected chi connectivity index (χ2v) is 6.32. The van der Waals surface area contributed by atoms with Crippen LogP contribution in [0.15, 0.2) is 54.6 Å². The highest BCUT2D eigenvalue weighted by Gasteiger charge is 2.21. The molecule has 0 aliphatic heterocycles. The number of aryl methyl sites for hydroxylation is 2. The highest BCUT2D eigenvalue weighted by molar-refractivity contribution is 5.98. The van der Waals surface area contributed by atoms with E-state index in [1.54, 1.807) is 4.90 Å². The molecule has 122 valence electrons. The van der Waals surface area contributed by atoms with Crippen molar-refractivity contribution >= 4 is 16.8 Å². The third-order valence-electron chi connectivity index (χ3n) is 4.57. The van der Waals surface area contributed by atoms with Crippen LogP contribution >= 0.6 is 0 Å². The lowest BCUT2D eigenvalue weighted by Gasteiger charge is -2.26. The first-order valence-corrected chi connectivity index (χ1v) is 8.17. The van der Waals surface area contributed by atoms with E-state index in [4.69, 9.17) is 0 Å².